The van der Waals surface area contributed by atoms with Gasteiger partial charge in [-0.3, -0.25) is 0 Å². The number of hydrogen-bond donors (Lipinski definition) is 0. The van der Waals surface area contributed by atoms with E-state index >= 15 is 0 Å². The molecule has 0 fully saturated rings. The predicted molar refractivity (Wildman–Crippen MR) is 559 cm³/mol. The summed E-state index contributed by atoms with van der Waals surface area (Å²) in [7, 11) is 0. The van der Waals surface area contributed by atoms with Crippen molar-refractivity contribution in [3.63, 3.8) is 0 Å². The van der Waals surface area contributed by atoms with Gasteiger partial charge in [0.1, 0.15) is 11.2 Å². The third-order valence-electron chi connectivity index (χ3n) is 26.8. The van der Waals surface area contributed by atoms with Crippen LogP contribution in [-0.4, -0.2) is 29.9 Å². The van der Waals surface area contributed by atoms with E-state index in [9.17, 15) is 0 Å². The maximum absolute atomic E-state index is 6.13. The summed E-state index contributed by atoms with van der Waals surface area (Å²) < 4.78 is 6.13. The third-order valence-corrected chi connectivity index (χ3v) is 26.8. The van der Waals surface area contributed by atoms with Crippen molar-refractivity contribution in [2.45, 2.75) is 0 Å². The van der Waals surface area contributed by atoms with Gasteiger partial charge in [-0.15, -0.1) is 0 Å². The zero-order chi connectivity index (χ0) is 87.6. The number of rotatable bonds is 8. The van der Waals surface area contributed by atoms with E-state index in [1.54, 1.807) is 0 Å². The lowest BCUT2D eigenvalue weighted by molar-refractivity contribution is 0.669. The van der Waals surface area contributed by atoms with E-state index in [0.29, 0.717) is 0 Å². The molecule has 0 radical (unpaired) electrons. The Bertz CT molecular complexity index is 9670. The molecule has 0 aliphatic heterocycles. The van der Waals surface area contributed by atoms with Gasteiger partial charge in [0, 0.05) is 44.2 Å². The van der Waals surface area contributed by atoms with Crippen molar-refractivity contribution >= 4 is 184 Å². The molecule has 0 spiro atoms. The van der Waals surface area contributed by atoms with Crippen molar-refractivity contribution in [2.75, 3.05) is 0 Å². The number of nitrogens with zero attached hydrogens (tertiary/aromatic N) is 6. The molecule has 0 saturated heterocycles. The Labute approximate surface area is 764 Å². The first-order valence-corrected chi connectivity index (χ1v) is 45.2. The molecule has 0 unspecified atom stereocenters. The average Bonchev–Trinajstić information content (AvgIpc) is 1.35. The number of hydrogen-bond acceptors (Lipinski definition) is 7. The molecule has 28 aromatic rings. The maximum Gasteiger partial charge on any atom is 0.135 e. The molecule has 0 bridgehead atoms. The summed E-state index contributed by atoms with van der Waals surface area (Å²) in [5, 5.41) is 32.6. The van der Waals surface area contributed by atoms with Crippen LogP contribution in [0, 0.1) is 0 Å². The summed E-state index contributed by atoms with van der Waals surface area (Å²) in [5.74, 6) is 0. The second-order valence-electron chi connectivity index (χ2n) is 34.6. The second kappa shape index (κ2) is 31.6. The van der Waals surface area contributed by atoms with Crippen LogP contribution in [0.15, 0.2) is 465 Å². The second-order valence-corrected chi connectivity index (χ2v) is 34.6. The first kappa shape index (κ1) is 76.5. The number of furan rings is 1. The molecule has 4 heterocycles. The summed E-state index contributed by atoms with van der Waals surface area (Å²) >= 11 is 0. The van der Waals surface area contributed by atoms with Crippen LogP contribution in [-0.2, 0) is 0 Å². The van der Waals surface area contributed by atoms with E-state index in [1.165, 1.54) is 135 Å². The van der Waals surface area contributed by atoms with Gasteiger partial charge in [0.2, 0.25) is 0 Å². The standard InChI is InChI=1S/C48H28N2O.C42H26N2.C36H22N2/c1-2-9-31(10-3-1)47-48(35-20-25-45-41(27-35)39-12-6-7-13-44(39)51-45)49-42-24-19-33(28-43(42)50-47)32-18-21-37-34(26-32)15-14-30-17-22-38-36-11-5-4-8-29(36)16-23-40(38)46(30)37;1-2-9-27(10-3-1)30-12-8-13-32(25-30)41-42(44-39-16-7-6-15-38(39)43-41)33-21-22-35-31(26-33)18-17-29-20-23-36-34-14-5-4-11-28(34)19-24-37(36)40(29)35;1-2-9-25(10-3-1)35-36(38-33-13-7-6-12-32(33)37-35)27-18-19-29-26(22-27)15-14-24-17-20-30-28-11-5-4-8-23(28)16-21-31(30)34(24)29/h1-28H;1-26H;1-22H. The van der Waals surface area contributed by atoms with Crippen LogP contribution in [0.1, 0.15) is 0 Å². The summed E-state index contributed by atoms with van der Waals surface area (Å²) in [6, 6.07) is 164. The fourth-order valence-corrected chi connectivity index (χ4v) is 20.4. The SMILES string of the molecule is c1ccc(-c2cccc(-c3nc4ccccc4nc3-c3ccc4c(ccc5ccc6c7ccccc7ccc6c54)c3)c2)cc1.c1ccc(-c2nc3cc(-c4ccc5c(ccc6ccc7c8ccccc8ccc7c65)c4)ccc3nc2-c2ccc3oc4ccccc4c3c2)cc1.c1ccc(-c2nc3ccccc3nc2-c2ccc3c(ccc4ccc5c6ccccc6ccc5c43)c2)cc1. The Morgan fingerprint density at radius 2 is 0.398 bits per heavy atom. The topological polar surface area (TPSA) is 90.5 Å². The molecule has 4 aromatic heterocycles. The molecule has 0 amide bonds. The van der Waals surface area contributed by atoms with E-state index < -0.39 is 0 Å². The number of para-hydroxylation sites is 5. The molecule has 0 saturated carbocycles. The summed E-state index contributed by atoms with van der Waals surface area (Å²) in [5.41, 5.74) is 23.2. The van der Waals surface area contributed by atoms with Gasteiger partial charge < -0.3 is 4.42 Å². The minimum atomic E-state index is 0.853. The zero-order valence-corrected chi connectivity index (χ0v) is 72.0. The van der Waals surface area contributed by atoms with Crippen molar-refractivity contribution in [1.82, 2.24) is 29.9 Å². The maximum atomic E-state index is 6.13. The van der Waals surface area contributed by atoms with Gasteiger partial charge in [0.05, 0.1) is 67.3 Å². The van der Waals surface area contributed by atoms with Gasteiger partial charge in [-0.05, 0) is 236 Å². The Kier molecular flexibility index (Phi) is 18.2. The van der Waals surface area contributed by atoms with Crippen LogP contribution >= 0.6 is 0 Å². The molecular formula is C126H76N6O. The molecule has 7 nitrogen and oxygen atoms in total. The fraction of sp³-hybridized carbons (Fsp3) is 0. The summed E-state index contributed by atoms with van der Waals surface area (Å²) in [6.45, 7) is 0. The smallest absolute Gasteiger partial charge is 0.135 e. The van der Waals surface area contributed by atoms with Gasteiger partial charge in [0.25, 0.3) is 0 Å². The first-order valence-electron chi connectivity index (χ1n) is 45.2. The molecular weight excluding hydrogens is 1610 g/mol. The largest absolute Gasteiger partial charge is 0.456 e. The predicted octanol–water partition coefficient (Wildman–Crippen LogP) is 34.0. The van der Waals surface area contributed by atoms with Crippen molar-refractivity contribution in [1.29, 1.82) is 0 Å². The Morgan fingerprint density at radius 1 is 0.120 bits per heavy atom. The lowest BCUT2D eigenvalue weighted by Crippen LogP contribution is -1.96. The molecule has 133 heavy (non-hydrogen) atoms. The number of fused-ring (bicyclic) bond motifs is 27. The van der Waals surface area contributed by atoms with Gasteiger partial charge in [0.15, 0.2) is 0 Å². The van der Waals surface area contributed by atoms with Crippen molar-refractivity contribution < 1.29 is 4.42 Å². The highest BCUT2D eigenvalue weighted by atomic mass is 16.3. The van der Waals surface area contributed by atoms with E-state index in [0.717, 1.165) is 139 Å². The lowest BCUT2D eigenvalue weighted by atomic mass is 9.92. The zero-order valence-electron chi connectivity index (χ0n) is 72.0. The van der Waals surface area contributed by atoms with Crippen LogP contribution in [0.25, 0.3) is 274 Å². The molecule has 0 atom stereocenters. The van der Waals surface area contributed by atoms with Crippen LogP contribution in [0.4, 0.5) is 0 Å². The van der Waals surface area contributed by atoms with Crippen molar-refractivity contribution in [2.24, 2.45) is 0 Å². The normalized spacial score (nSPS) is 11.8. The monoisotopic (exact) mass is 1690 g/mol. The molecule has 24 aromatic carbocycles. The van der Waals surface area contributed by atoms with E-state index in [-0.39, 0.29) is 0 Å². The fourth-order valence-electron chi connectivity index (χ4n) is 20.4. The molecule has 0 N–H and O–H groups in total. The molecule has 28 rings (SSSR count). The van der Waals surface area contributed by atoms with Crippen molar-refractivity contribution in [3.8, 4) is 89.8 Å². The minimum absolute atomic E-state index is 0.853. The van der Waals surface area contributed by atoms with Crippen LogP contribution in [0.5, 0.6) is 0 Å². The van der Waals surface area contributed by atoms with E-state index in [2.05, 4.69) is 370 Å². The molecule has 0 aliphatic rings. The van der Waals surface area contributed by atoms with Gasteiger partial charge in [-0.2, -0.15) is 0 Å². The first-order chi connectivity index (χ1) is 65.9. The quantitative estimate of drug-likeness (QED) is 0.140. The van der Waals surface area contributed by atoms with Gasteiger partial charge in [-0.1, -0.05) is 376 Å². The lowest BCUT2D eigenvalue weighted by Gasteiger charge is -2.14. The Hall–Kier alpha value is -17.8. The Morgan fingerprint density at radius 3 is 0.865 bits per heavy atom. The highest BCUT2D eigenvalue weighted by Gasteiger charge is 2.23. The highest BCUT2D eigenvalue weighted by molar-refractivity contribution is 6.28. The van der Waals surface area contributed by atoms with Crippen LogP contribution in [0.3, 0.4) is 0 Å². The molecule has 616 valence electrons. The van der Waals surface area contributed by atoms with Crippen LogP contribution < -0.4 is 0 Å². The highest BCUT2D eigenvalue weighted by Crippen LogP contribution is 2.46. The molecule has 7 heteroatoms. The number of aromatic nitrogens is 6. The summed E-state index contributed by atoms with van der Waals surface area (Å²) in [6.07, 6.45) is 0. The average molecular weight is 1690 g/mol. The van der Waals surface area contributed by atoms with Crippen LogP contribution in [0.2, 0.25) is 0 Å². The van der Waals surface area contributed by atoms with Gasteiger partial charge in [-0.25, -0.2) is 29.9 Å². The number of benzene rings is 24. The third kappa shape index (κ3) is 13.4. The van der Waals surface area contributed by atoms with Crippen molar-refractivity contribution in [3.05, 3.63) is 461 Å². The Balaban J connectivity index is 0.000000105. The molecule has 0 aliphatic carbocycles. The summed E-state index contributed by atoms with van der Waals surface area (Å²) in [4.78, 5) is 31.2. The minimum Gasteiger partial charge on any atom is -0.456 e. The van der Waals surface area contributed by atoms with Gasteiger partial charge >= 0.3 is 0 Å². The van der Waals surface area contributed by atoms with E-state index in [4.69, 9.17) is 34.3 Å². The van der Waals surface area contributed by atoms with E-state index in [1.807, 2.05) is 91.0 Å².